The molecule has 0 saturated carbocycles. The van der Waals surface area contributed by atoms with Crippen molar-refractivity contribution in [2.45, 2.75) is 6.42 Å². The number of nitrogens with zero attached hydrogens (tertiary/aromatic N) is 6. The van der Waals surface area contributed by atoms with Crippen molar-refractivity contribution in [1.82, 2.24) is 15.1 Å². The van der Waals surface area contributed by atoms with Crippen LogP contribution in [0.15, 0.2) is 82.5 Å². The highest BCUT2D eigenvalue weighted by Gasteiger charge is 2.22. The fraction of sp³-hybridized carbons (Fsp3) is 0.158. The summed E-state index contributed by atoms with van der Waals surface area (Å²) in [6, 6.07) is 18.4. The fourth-order valence-corrected chi connectivity index (χ4v) is 2.32. The van der Waals surface area contributed by atoms with Crippen LogP contribution >= 0.6 is 0 Å². The van der Waals surface area contributed by atoms with E-state index < -0.39 is 11.9 Å². The van der Waals surface area contributed by atoms with Gasteiger partial charge in [-0.2, -0.15) is 0 Å². The largest absolute Gasteiger partial charge is 0.615 e. The van der Waals surface area contributed by atoms with Gasteiger partial charge >= 0.3 is 11.9 Å². The van der Waals surface area contributed by atoms with Crippen LogP contribution in [0.5, 0.6) is 0 Å². The van der Waals surface area contributed by atoms with Gasteiger partial charge in [0.2, 0.25) is 0 Å². The van der Waals surface area contributed by atoms with Gasteiger partial charge in [0.25, 0.3) is 0 Å². The van der Waals surface area contributed by atoms with Crippen LogP contribution in [-0.4, -0.2) is 35.3 Å². The summed E-state index contributed by atoms with van der Waals surface area (Å²) >= 11 is 0. The van der Waals surface area contributed by atoms with Crippen LogP contribution in [0.2, 0.25) is 0 Å². The lowest BCUT2D eigenvalue weighted by atomic mass is 10.3. The smallest absolute Gasteiger partial charge is 0.461 e. The van der Waals surface area contributed by atoms with Gasteiger partial charge in [0.15, 0.2) is 0 Å². The number of carbonyl (C=O) groups is 1. The number of benzene rings is 2. The van der Waals surface area contributed by atoms with E-state index in [2.05, 4.69) is 30.0 Å². The van der Waals surface area contributed by atoms with Crippen LogP contribution in [-0.2, 0) is 14.3 Å². The molecule has 0 amide bonds. The van der Waals surface area contributed by atoms with E-state index in [1.165, 1.54) is 23.7 Å². The van der Waals surface area contributed by atoms with Gasteiger partial charge in [-0.15, -0.1) is 0 Å². The molecule has 0 radical (unpaired) electrons. The van der Waals surface area contributed by atoms with E-state index in [4.69, 9.17) is 0 Å². The number of para-hydroxylation sites is 2. The summed E-state index contributed by atoms with van der Waals surface area (Å²) in [5.41, 5.74) is 1.19. The van der Waals surface area contributed by atoms with E-state index in [9.17, 15) is 9.90 Å². The Morgan fingerprint density at radius 2 is 1.72 bits per heavy atom. The van der Waals surface area contributed by atoms with Crippen LogP contribution in [0.3, 0.4) is 0 Å². The van der Waals surface area contributed by atoms with Crippen molar-refractivity contribution in [2.24, 2.45) is 10.2 Å². The fourth-order valence-electron chi connectivity index (χ4n) is 2.32. The average Bonchev–Trinajstić information content (AvgIpc) is 3.21. The number of azo groups is 1. The first-order valence-electron chi connectivity index (χ1n) is 8.55. The minimum absolute atomic E-state index is 0.103. The van der Waals surface area contributed by atoms with Crippen molar-refractivity contribution < 1.29 is 24.1 Å². The lowest BCUT2D eigenvalue weighted by Crippen LogP contribution is -2.33. The third kappa shape index (κ3) is 4.80. The molecule has 10 heteroatoms. The molecule has 0 unspecified atom stereocenters. The highest BCUT2D eigenvalue weighted by Crippen LogP contribution is 2.14. The lowest BCUT2D eigenvalue weighted by Gasteiger charge is -2.10. The summed E-state index contributed by atoms with van der Waals surface area (Å²) < 4.78 is 10.7. The summed E-state index contributed by atoms with van der Waals surface area (Å²) in [5.74, 6) is -1.33. The number of aromatic nitrogens is 4. The molecule has 1 aromatic heterocycles. The van der Waals surface area contributed by atoms with Gasteiger partial charge in [-0.05, 0) is 36.2 Å². The van der Waals surface area contributed by atoms with E-state index >= 15 is 0 Å². The molecule has 0 spiro atoms. The van der Waals surface area contributed by atoms with Crippen molar-refractivity contribution >= 4 is 11.9 Å². The van der Waals surface area contributed by atoms with Crippen molar-refractivity contribution in [3.8, 4) is 11.4 Å². The van der Waals surface area contributed by atoms with Gasteiger partial charge < -0.3 is 14.6 Å². The van der Waals surface area contributed by atoms with Crippen LogP contribution in [0, 0.1) is 0 Å². The Bertz CT molecular complexity index is 1030. The summed E-state index contributed by atoms with van der Waals surface area (Å²) in [7, 11) is 2.40. The van der Waals surface area contributed by atoms with Crippen LogP contribution in [0.1, 0.15) is 6.42 Å². The number of carbonyl (C=O) groups excluding carboxylic acids is 1. The SMILES string of the molecule is COC(=O)C/C(N=Nc1nn(-c2ccccc2)n[n+]1-c1ccccc1)=C(/[O-])OC. The number of hydrogen-bond acceptors (Lipinski definition) is 8. The zero-order valence-corrected chi connectivity index (χ0v) is 15.8. The summed E-state index contributed by atoms with van der Waals surface area (Å²) in [6.45, 7) is 0. The first-order valence-corrected chi connectivity index (χ1v) is 8.55. The first-order chi connectivity index (χ1) is 14.1. The predicted molar refractivity (Wildman–Crippen MR) is 98.1 cm³/mol. The Hall–Kier alpha value is -4.08. The number of rotatable bonds is 7. The molecule has 3 rings (SSSR count). The Kier molecular flexibility index (Phi) is 6.25. The highest BCUT2D eigenvalue weighted by molar-refractivity contribution is 5.72. The van der Waals surface area contributed by atoms with Crippen LogP contribution < -0.4 is 9.79 Å². The minimum atomic E-state index is -0.791. The number of hydrogen-bond donors (Lipinski definition) is 0. The Labute approximate surface area is 166 Å². The lowest BCUT2D eigenvalue weighted by molar-refractivity contribution is -0.649. The molecule has 29 heavy (non-hydrogen) atoms. The monoisotopic (exact) mass is 394 g/mol. The molecule has 0 N–H and O–H groups in total. The molecule has 0 aliphatic heterocycles. The molecule has 0 fully saturated rings. The molecule has 3 aromatic rings. The Morgan fingerprint density at radius 1 is 1.07 bits per heavy atom. The van der Waals surface area contributed by atoms with E-state index in [1.54, 1.807) is 0 Å². The number of tetrazole rings is 1. The van der Waals surface area contributed by atoms with Gasteiger partial charge in [0.05, 0.1) is 24.6 Å². The third-order valence-corrected chi connectivity index (χ3v) is 3.76. The van der Waals surface area contributed by atoms with Crippen molar-refractivity contribution in [3.63, 3.8) is 0 Å². The molecule has 0 atom stereocenters. The van der Waals surface area contributed by atoms with Gasteiger partial charge in [-0.3, -0.25) is 4.79 Å². The standard InChI is InChI=1S/C19H18N6O4/c1-28-17(26)13-16(18(27)29-2)20-21-19-22-25(15-11-7-4-8-12-15)23-24(19)14-9-5-3-6-10-14/h3-12H,13H2,1-2H3. The zero-order chi connectivity index (χ0) is 20.6. The quantitative estimate of drug-likeness (QED) is 0.258. The maximum Gasteiger partial charge on any atom is 0.461 e. The van der Waals surface area contributed by atoms with E-state index in [-0.39, 0.29) is 18.1 Å². The minimum Gasteiger partial charge on any atom is -0.615 e. The topological polar surface area (TPSA) is 118 Å². The second kappa shape index (κ2) is 9.22. The van der Waals surface area contributed by atoms with Gasteiger partial charge in [0.1, 0.15) is 17.1 Å². The molecule has 0 saturated heterocycles. The maximum atomic E-state index is 11.9. The molecular formula is C19H18N6O4. The Balaban J connectivity index is 2.04. The molecule has 148 valence electrons. The molecule has 0 aliphatic rings. The molecular weight excluding hydrogens is 376 g/mol. The van der Waals surface area contributed by atoms with Crippen molar-refractivity contribution in [2.75, 3.05) is 14.2 Å². The second-order valence-electron chi connectivity index (χ2n) is 5.65. The van der Waals surface area contributed by atoms with Gasteiger partial charge in [0, 0.05) is 10.3 Å². The maximum absolute atomic E-state index is 11.9. The van der Waals surface area contributed by atoms with Crippen molar-refractivity contribution in [3.05, 3.63) is 72.3 Å². The molecule has 0 bridgehead atoms. The van der Waals surface area contributed by atoms with E-state index in [0.29, 0.717) is 11.4 Å². The van der Waals surface area contributed by atoms with E-state index in [1.807, 2.05) is 60.7 Å². The summed E-state index contributed by atoms with van der Waals surface area (Å²) in [6.07, 6.45) is -0.384. The molecule has 0 aliphatic carbocycles. The average molecular weight is 394 g/mol. The normalized spacial score (nSPS) is 11.9. The Morgan fingerprint density at radius 3 is 2.34 bits per heavy atom. The van der Waals surface area contributed by atoms with Gasteiger partial charge in [-0.25, -0.2) is 0 Å². The van der Waals surface area contributed by atoms with Crippen molar-refractivity contribution in [1.29, 1.82) is 0 Å². The molecule has 1 heterocycles. The number of ether oxygens (including phenoxy) is 2. The molecule has 10 nitrogen and oxygen atoms in total. The number of methoxy groups -OCH3 is 2. The number of esters is 1. The highest BCUT2D eigenvalue weighted by atomic mass is 16.6. The summed E-state index contributed by atoms with van der Waals surface area (Å²) in [5, 5.41) is 28.6. The van der Waals surface area contributed by atoms with Crippen LogP contribution in [0.4, 0.5) is 5.95 Å². The summed E-state index contributed by atoms with van der Waals surface area (Å²) in [4.78, 5) is 12.9. The third-order valence-electron chi connectivity index (χ3n) is 3.76. The first kappa shape index (κ1) is 19.7. The zero-order valence-electron chi connectivity index (χ0n) is 15.8. The molecule has 2 aromatic carbocycles. The second-order valence-corrected chi connectivity index (χ2v) is 5.65. The van der Waals surface area contributed by atoms with E-state index in [0.717, 1.165) is 0 Å². The van der Waals surface area contributed by atoms with Crippen LogP contribution in [0.25, 0.3) is 11.4 Å². The van der Waals surface area contributed by atoms with Gasteiger partial charge in [-0.1, -0.05) is 46.2 Å². The predicted octanol–water partition coefficient (Wildman–Crippen LogP) is 1.37.